The van der Waals surface area contributed by atoms with Gasteiger partial charge in [-0.3, -0.25) is 14.4 Å². The van der Waals surface area contributed by atoms with Crippen molar-refractivity contribution < 1.29 is 14.4 Å². The van der Waals surface area contributed by atoms with Crippen LogP contribution in [0.4, 0.5) is 0 Å². The molecule has 0 bridgehead atoms. The molecule has 2 heterocycles. The molecule has 0 aliphatic carbocycles. The second kappa shape index (κ2) is 12.5. The van der Waals surface area contributed by atoms with Crippen LogP contribution < -0.4 is 16.4 Å². The van der Waals surface area contributed by atoms with E-state index in [-0.39, 0.29) is 17.7 Å². The van der Waals surface area contributed by atoms with Crippen molar-refractivity contribution in [1.29, 1.82) is 0 Å². The van der Waals surface area contributed by atoms with Crippen LogP contribution >= 0.6 is 11.3 Å². The second-order valence-corrected chi connectivity index (χ2v) is 11.3. The van der Waals surface area contributed by atoms with Crippen LogP contribution in [0.3, 0.4) is 0 Å². The van der Waals surface area contributed by atoms with Gasteiger partial charge in [0.15, 0.2) is 0 Å². The van der Waals surface area contributed by atoms with E-state index in [9.17, 15) is 14.4 Å². The average molecular weight is 514 g/mol. The van der Waals surface area contributed by atoms with E-state index in [1.54, 1.807) is 16.2 Å². The van der Waals surface area contributed by atoms with Gasteiger partial charge in [-0.2, -0.15) is 0 Å². The Hall–Kier alpha value is -2.78. The first-order valence-electron chi connectivity index (χ1n) is 12.7. The number of thiazole rings is 1. The third-order valence-electron chi connectivity index (χ3n) is 6.54. The van der Waals surface area contributed by atoms with E-state index in [1.165, 1.54) is 0 Å². The third-order valence-corrected chi connectivity index (χ3v) is 7.52. The Balaban J connectivity index is 1.61. The van der Waals surface area contributed by atoms with Crippen molar-refractivity contribution in [3.05, 3.63) is 41.0 Å². The first-order valence-corrected chi connectivity index (χ1v) is 13.6. The zero-order chi connectivity index (χ0) is 26.3. The van der Waals surface area contributed by atoms with Gasteiger partial charge in [0.1, 0.15) is 12.1 Å². The molecular weight excluding hydrogens is 474 g/mol. The van der Waals surface area contributed by atoms with Gasteiger partial charge in [-0.15, -0.1) is 11.3 Å². The lowest BCUT2D eigenvalue weighted by molar-refractivity contribution is -0.143. The number of aryl methyl sites for hydroxylation is 1. The van der Waals surface area contributed by atoms with Crippen LogP contribution in [0, 0.1) is 12.3 Å². The fourth-order valence-corrected chi connectivity index (χ4v) is 5.25. The zero-order valence-corrected chi connectivity index (χ0v) is 22.6. The molecule has 1 aliphatic rings. The first kappa shape index (κ1) is 27.8. The highest BCUT2D eigenvalue weighted by Crippen LogP contribution is 2.28. The third kappa shape index (κ3) is 7.13. The molecule has 1 aromatic carbocycles. The lowest BCUT2D eigenvalue weighted by Gasteiger charge is -2.35. The summed E-state index contributed by atoms with van der Waals surface area (Å²) in [6.45, 7) is 9.21. The van der Waals surface area contributed by atoms with Gasteiger partial charge in [0.25, 0.3) is 0 Å². The van der Waals surface area contributed by atoms with Crippen LogP contribution in [0.2, 0.25) is 0 Å². The summed E-state index contributed by atoms with van der Waals surface area (Å²) in [5.41, 5.74) is 9.98. The van der Waals surface area contributed by atoms with Gasteiger partial charge in [-0.1, -0.05) is 45.0 Å². The van der Waals surface area contributed by atoms with Crippen molar-refractivity contribution in [3.63, 3.8) is 0 Å². The number of nitrogens with one attached hydrogen (secondary N) is 2. The maximum atomic E-state index is 13.5. The number of unbranched alkanes of at least 4 members (excludes halogenated alkanes) is 1. The highest BCUT2D eigenvalue weighted by atomic mass is 32.1. The molecule has 1 aliphatic heterocycles. The van der Waals surface area contributed by atoms with Gasteiger partial charge in [-0.25, -0.2) is 4.98 Å². The Morgan fingerprint density at radius 1 is 1.19 bits per heavy atom. The van der Waals surface area contributed by atoms with Crippen LogP contribution in [0.1, 0.15) is 64.1 Å². The standard InChI is InChI=1S/C27H39N5O3S/c1-18-23(36-17-30-18)20-12-10-19(11-13-20)16-29-25(34)21-8-7-15-32(21)26(35)24(27(2,3)4)31-22(33)9-5-6-14-28/h10-13,17,21,24H,5-9,14-16,28H2,1-4H3,(H,29,34)(H,31,33). The van der Waals surface area contributed by atoms with Crippen molar-refractivity contribution in [2.45, 2.75) is 78.4 Å². The molecule has 8 nitrogen and oxygen atoms in total. The monoisotopic (exact) mass is 513 g/mol. The summed E-state index contributed by atoms with van der Waals surface area (Å²) < 4.78 is 0. The van der Waals surface area contributed by atoms with Crippen LogP contribution in [0.5, 0.6) is 0 Å². The molecular formula is C27H39N5O3S. The van der Waals surface area contributed by atoms with Crippen molar-refractivity contribution in [3.8, 4) is 10.4 Å². The molecule has 0 saturated carbocycles. The Bertz CT molecular complexity index is 1040. The summed E-state index contributed by atoms with van der Waals surface area (Å²) >= 11 is 1.61. The SMILES string of the molecule is Cc1ncsc1-c1ccc(CNC(=O)C2CCCN2C(=O)C(NC(=O)CCCCN)C(C)(C)C)cc1. The van der Waals surface area contributed by atoms with E-state index in [0.717, 1.165) is 34.5 Å². The number of carbonyl (C=O) groups excluding carboxylic acids is 3. The predicted molar refractivity (Wildman–Crippen MR) is 143 cm³/mol. The molecule has 9 heteroatoms. The summed E-state index contributed by atoms with van der Waals surface area (Å²) in [6.07, 6.45) is 3.16. The number of amides is 3. The largest absolute Gasteiger partial charge is 0.350 e. The second-order valence-electron chi connectivity index (χ2n) is 10.5. The molecule has 0 radical (unpaired) electrons. The Labute approximate surface area is 218 Å². The maximum absolute atomic E-state index is 13.5. The lowest BCUT2D eigenvalue weighted by Crippen LogP contribution is -2.57. The van der Waals surface area contributed by atoms with Gasteiger partial charge in [-0.05, 0) is 55.7 Å². The van der Waals surface area contributed by atoms with E-state index in [0.29, 0.717) is 38.9 Å². The number of aromatic nitrogens is 1. The van der Waals surface area contributed by atoms with Gasteiger partial charge in [0.2, 0.25) is 17.7 Å². The number of hydrogen-bond acceptors (Lipinski definition) is 6. The summed E-state index contributed by atoms with van der Waals surface area (Å²) in [5.74, 6) is -0.518. The Kier molecular flexibility index (Phi) is 9.62. The summed E-state index contributed by atoms with van der Waals surface area (Å²) in [7, 11) is 0. The molecule has 2 aromatic rings. The molecule has 3 rings (SSSR count). The number of likely N-dealkylation sites (tertiary alicyclic amines) is 1. The van der Waals surface area contributed by atoms with Crippen LogP contribution in [0.15, 0.2) is 29.8 Å². The predicted octanol–water partition coefficient (Wildman–Crippen LogP) is 3.39. The lowest BCUT2D eigenvalue weighted by atomic mass is 9.85. The molecule has 4 N–H and O–H groups in total. The normalized spacial score (nSPS) is 16.6. The van der Waals surface area contributed by atoms with Crippen molar-refractivity contribution in [2.75, 3.05) is 13.1 Å². The van der Waals surface area contributed by atoms with Crippen molar-refractivity contribution >= 4 is 29.1 Å². The van der Waals surface area contributed by atoms with E-state index in [1.807, 2.05) is 57.5 Å². The van der Waals surface area contributed by atoms with E-state index in [2.05, 4.69) is 15.6 Å². The Morgan fingerprint density at radius 3 is 2.53 bits per heavy atom. The fraction of sp³-hybridized carbons (Fsp3) is 0.556. The van der Waals surface area contributed by atoms with Gasteiger partial charge in [0.05, 0.1) is 16.1 Å². The smallest absolute Gasteiger partial charge is 0.246 e. The molecule has 1 aromatic heterocycles. The van der Waals surface area contributed by atoms with Crippen molar-refractivity contribution in [1.82, 2.24) is 20.5 Å². The van der Waals surface area contributed by atoms with E-state index >= 15 is 0 Å². The van der Waals surface area contributed by atoms with Gasteiger partial charge < -0.3 is 21.3 Å². The molecule has 36 heavy (non-hydrogen) atoms. The maximum Gasteiger partial charge on any atom is 0.246 e. The van der Waals surface area contributed by atoms with Crippen LogP contribution in [0.25, 0.3) is 10.4 Å². The molecule has 2 atom stereocenters. The topological polar surface area (TPSA) is 117 Å². The zero-order valence-electron chi connectivity index (χ0n) is 21.8. The number of nitrogens with two attached hydrogens (primary N) is 1. The molecule has 1 saturated heterocycles. The highest BCUT2D eigenvalue weighted by molar-refractivity contribution is 7.13. The van der Waals surface area contributed by atoms with Crippen LogP contribution in [-0.2, 0) is 20.9 Å². The quantitative estimate of drug-likeness (QED) is 0.421. The van der Waals surface area contributed by atoms with E-state index in [4.69, 9.17) is 5.73 Å². The molecule has 2 unspecified atom stereocenters. The highest BCUT2D eigenvalue weighted by Gasteiger charge is 2.41. The van der Waals surface area contributed by atoms with Crippen LogP contribution in [-0.4, -0.2) is 52.8 Å². The van der Waals surface area contributed by atoms with E-state index < -0.39 is 17.5 Å². The van der Waals surface area contributed by atoms with Gasteiger partial charge >= 0.3 is 0 Å². The first-order chi connectivity index (χ1) is 17.1. The summed E-state index contributed by atoms with van der Waals surface area (Å²) in [6, 6.07) is 6.86. The molecule has 0 spiro atoms. The number of benzene rings is 1. The minimum atomic E-state index is -0.695. The summed E-state index contributed by atoms with van der Waals surface area (Å²) in [5, 5.41) is 5.93. The molecule has 196 valence electrons. The Morgan fingerprint density at radius 2 is 1.92 bits per heavy atom. The average Bonchev–Trinajstić information content (AvgIpc) is 3.50. The number of nitrogens with zero attached hydrogens (tertiary/aromatic N) is 2. The molecule has 1 fully saturated rings. The number of rotatable bonds is 10. The molecule has 3 amide bonds. The van der Waals surface area contributed by atoms with Crippen molar-refractivity contribution in [2.24, 2.45) is 11.1 Å². The van der Waals surface area contributed by atoms with Gasteiger partial charge in [0, 0.05) is 19.5 Å². The number of carbonyl (C=O) groups is 3. The fourth-order valence-electron chi connectivity index (χ4n) is 4.44. The summed E-state index contributed by atoms with van der Waals surface area (Å²) in [4.78, 5) is 46.2. The minimum Gasteiger partial charge on any atom is -0.350 e. The number of hydrogen-bond donors (Lipinski definition) is 3. The minimum absolute atomic E-state index is 0.158.